The molecule has 1 N–H and O–H groups in total. The van der Waals surface area contributed by atoms with E-state index in [1.807, 2.05) is 4.90 Å². The molecule has 164 valence electrons. The van der Waals surface area contributed by atoms with Crippen molar-refractivity contribution in [1.29, 1.82) is 0 Å². The fourth-order valence-corrected chi connectivity index (χ4v) is 5.80. The van der Waals surface area contributed by atoms with Crippen LogP contribution in [0.2, 0.25) is 0 Å². The molecule has 1 aliphatic carbocycles. The zero-order valence-electron chi connectivity index (χ0n) is 17.5. The van der Waals surface area contributed by atoms with Crippen molar-refractivity contribution < 1.29 is 13.2 Å². The van der Waals surface area contributed by atoms with E-state index in [0.717, 1.165) is 38.5 Å². The van der Waals surface area contributed by atoms with Crippen molar-refractivity contribution in [1.82, 2.24) is 19.2 Å². The molecule has 2 atom stereocenters. The largest absolute Gasteiger partial charge is 0.332 e. The lowest BCUT2D eigenvalue weighted by molar-refractivity contribution is -0.140. The molecule has 30 heavy (non-hydrogen) atoms. The molecule has 9 heteroatoms. The Morgan fingerprint density at radius 3 is 2.80 bits per heavy atom. The van der Waals surface area contributed by atoms with Crippen LogP contribution in [-0.2, 0) is 27.8 Å². The molecule has 1 aromatic rings. The van der Waals surface area contributed by atoms with Gasteiger partial charge in [-0.2, -0.15) is 4.31 Å². The maximum absolute atomic E-state index is 13.2. The first-order chi connectivity index (χ1) is 14.4. The Kier molecular flexibility index (Phi) is 6.11. The molecule has 1 fully saturated rings. The third-order valence-electron chi connectivity index (χ3n) is 6.53. The lowest BCUT2D eigenvalue weighted by Crippen LogP contribution is -2.44. The highest BCUT2D eigenvalue weighted by molar-refractivity contribution is 7.89. The number of amides is 1. The van der Waals surface area contributed by atoms with E-state index >= 15 is 0 Å². The first-order valence-corrected chi connectivity index (χ1v) is 12.6. The number of likely N-dealkylation sites (tertiary alicyclic amines) is 1. The van der Waals surface area contributed by atoms with Crippen LogP contribution in [0, 0.1) is 5.92 Å². The number of nitrogens with one attached hydrogen (secondary N) is 1. The van der Waals surface area contributed by atoms with Crippen LogP contribution < -0.4 is 5.56 Å². The second kappa shape index (κ2) is 8.63. The van der Waals surface area contributed by atoms with Crippen molar-refractivity contribution in [3.8, 4) is 0 Å². The van der Waals surface area contributed by atoms with Gasteiger partial charge in [0.05, 0.1) is 24.0 Å². The van der Waals surface area contributed by atoms with E-state index in [4.69, 9.17) is 4.98 Å². The van der Waals surface area contributed by atoms with Crippen molar-refractivity contribution in [2.75, 3.05) is 18.8 Å². The summed E-state index contributed by atoms with van der Waals surface area (Å²) in [6.45, 7) is 2.71. The number of sulfonamides is 1. The van der Waals surface area contributed by atoms with Crippen molar-refractivity contribution in [3.63, 3.8) is 0 Å². The van der Waals surface area contributed by atoms with E-state index in [2.05, 4.69) is 17.1 Å². The molecule has 0 saturated carbocycles. The minimum atomic E-state index is -3.34. The number of aromatic nitrogens is 2. The summed E-state index contributed by atoms with van der Waals surface area (Å²) in [4.78, 5) is 35.5. The molecular weight excluding hydrogens is 404 g/mol. The number of carbonyl (C=O) groups excluding carboxylic acids is 1. The molecule has 1 saturated heterocycles. The van der Waals surface area contributed by atoms with Gasteiger partial charge in [0, 0.05) is 24.6 Å². The van der Waals surface area contributed by atoms with Gasteiger partial charge in [-0.15, -0.1) is 0 Å². The van der Waals surface area contributed by atoms with Gasteiger partial charge in [0.15, 0.2) is 0 Å². The number of rotatable bonds is 4. The molecule has 0 aromatic carbocycles. The molecule has 3 heterocycles. The van der Waals surface area contributed by atoms with E-state index in [1.54, 1.807) is 6.92 Å². The minimum Gasteiger partial charge on any atom is -0.332 e. The second-order valence-corrected chi connectivity index (χ2v) is 10.6. The SMILES string of the molecule is CCS(=O)(=O)N1CCc2c(nc([C@H]3CCCCN3C(=O)[C@H]3CC=CCC3)[nH]c2=O)C1. The smallest absolute Gasteiger partial charge is 0.254 e. The van der Waals surface area contributed by atoms with Crippen molar-refractivity contribution in [2.24, 2.45) is 5.92 Å². The monoisotopic (exact) mass is 434 g/mol. The van der Waals surface area contributed by atoms with E-state index in [1.165, 1.54) is 4.31 Å². The molecule has 0 spiro atoms. The predicted octanol–water partition coefficient (Wildman–Crippen LogP) is 1.89. The molecule has 0 unspecified atom stereocenters. The zero-order valence-corrected chi connectivity index (χ0v) is 18.3. The molecule has 4 rings (SSSR count). The summed E-state index contributed by atoms with van der Waals surface area (Å²) in [5.41, 5.74) is 0.880. The molecule has 3 aliphatic rings. The number of nitrogens with zero attached hydrogens (tertiary/aromatic N) is 3. The number of hydrogen-bond donors (Lipinski definition) is 1. The van der Waals surface area contributed by atoms with Gasteiger partial charge in [-0.3, -0.25) is 9.59 Å². The van der Waals surface area contributed by atoms with Crippen LogP contribution in [0.5, 0.6) is 0 Å². The summed E-state index contributed by atoms with van der Waals surface area (Å²) in [7, 11) is -3.34. The van der Waals surface area contributed by atoms with Crippen LogP contribution >= 0.6 is 0 Å². The van der Waals surface area contributed by atoms with Gasteiger partial charge in [-0.1, -0.05) is 12.2 Å². The average Bonchev–Trinajstić information content (AvgIpc) is 2.78. The van der Waals surface area contributed by atoms with Crippen LogP contribution in [0.1, 0.15) is 68.6 Å². The minimum absolute atomic E-state index is 0.00913. The molecule has 0 radical (unpaired) electrons. The number of aromatic amines is 1. The van der Waals surface area contributed by atoms with Gasteiger partial charge in [-0.25, -0.2) is 13.4 Å². The summed E-state index contributed by atoms with van der Waals surface area (Å²) >= 11 is 0. The first kappa shape index (κ1) is 21.2. The molecule has 1 amide bonds. The highest BCUT2D eigenvalue weighted by atomic mass is 32.2. The van der Waals surface area contributed by atoms with Gasteiger partial charge in [0.25, 0.3) is 5.56 Å². The second-order valence-electron chi connectivity index (χ2n) is 8.39. The standard InChI is InChI=1S/C21H30N4O4S/c1-2-30(28,29)24-13-11-16-17(14-24)22-19(23-20(16)26)18-10-6-7-12-25(18)21(27)15-8-4-3-5-9-15/h3-4,15,18H,2,5-14H2,1H3,(H,22,23,26)/t15-,18+/m0/s1. The van der Waals surface area contributed by atoms with Crippen LogP contribution in [0.15, 0.2) is 16.9 Å². The quantitative estimate of drug-likeness (QED) is 0.729. The Labute approximate surface area is 177 Å². The van der Waals surface area contributed by atoms with Crippen LogP contribution in [0.25, 0.3) is 0 Å². The Morgan fingerprint density at radius 1 is 1.23 bits per heavy atom. The lowest BCUT2D eigenvalue weighted by atomic mass is 9.91. The maximum Gasteiger partial charge on any atom is 0.254 e. The number of fused-ring (bicyclic) bond motifs is 1. The average molecular weight is 435 g/mol. The Bertz CT molecular complexity index is 1000. The maximum atomic E-state index is 13.2. The Hall–Kier alpha value is -2.00. The van der Waals surface area contributed by atoms with E-state index in [-0.39, 0.29) is 35.7 Å². The molecule has 0 bridgehead atoms. The van der Waals surface area contributed by atoms with Crippen molar-refractivity contribution in [3.05, 3.63) is 39.6 Å². The highest BCUT2D eigenvalue weighted by Gasteiger charge is 2.35. The summed E-state index contributed by atoms with van der Waals surface area (Å²) < 4.78 is 26.0. The van der Waals surface area contributed by atoms with Crippen LogP contribution in [0.3, 0.4) is 0 Å². The van der Waals surface area contributed by atoms with E-state index < -0.39 is 10.0 Å². The number of H-pyrrole nitrogens is 1. The third-order valence-corrected chi connectivity index (χ3v) is 8.36. The van der Waals surface area contributed by atoms with Crippen molar-refractivity contribution in [2.45, 2.75) is 64.5 Å². The molecule has 2 aliphatic heterocycles. The number of hydrogen-bond acceptors (Lipinski definition) is 5. The normalized spacial score (nSPS) is 25.2. The lowest BCUT2D eigenvalue weighted by Gasteiger charge is -2.38. The fraction of sp³-hybridized carbons (Fsp3) is 0.667. The summed E-state index contributed by atoms with van der Waals surface area (Å²) in [6.07, 6.45) is 9.77. The predicted molar refractivity (Wildman–Crippen MR) is 113 cm³/mol. The van der Waals surface area contributed by atoms with Crippen LogP contribution in [-0.4, -0.2) is 52.3 Å². The Morgan fingerprint density at radius 2 is 2.07 bits per heavy atom. The summed E-state index contributed by atoms with van der Waals surface area (Å²) in [6, 6.07) is -0.256. The highest BCUT2D eigenvalue weighted by Crippen LogP contribution is 2.33. The molecule has 8 nitrogen and oxygen atoms in total. The van der Waals surface area contributed by atoms with Gasteiger partial charge in [0.2, 0.25) is 15.9 Å². The van der Waals surface area contributed by atoms with Gasteiger partial charge < -0.3 is 9.88 Å². The zero-order chi connectivity index (χ0) is 21.3. The van der Waals surface area contributed by atoms with Gasteiger partial charge in [0.1, 0.15) is 5.82 Å². The Balaban J connectivity index is 1.63. The number of piperidine rings is 1. The molecular formula is C21H30N4O4S. The van der Waals surface area contributed by atoms with E-state index in [0.29, 0.717) is 36.6 Å². The topological polar surface area (TPSA) is 103 Å². The molecule has 1 aromatic heterocycles. The fourth-order valence-electron chi connectivity index (χ4n) is 4.74. The number of carbonyl (C=O) groups is 1. The first-order valence-electron chi connectivity index (χ1n) is 11.0. The van der Waals surface area contributed by atoms with Crippen LogP contribution in [0.4, 0.5) is 0 Å². The third kappa shape index (κ3) is 4.09. The van der Waals surface area contributed by atoms with E-state index in [9.17, 15) is 18.0 Å². The van der Waals surface area contributed by atoms with Gasteiger partial charge >= 0.3 is 0 Å². The summed E-state index contributed by atoms with van der Waals surface area (Å²) in [5.74, 6) is 0.651. The van der Waals surface area contributed by atoms with Gasteiger partial charge in [-0.05, 0) is 51.9 Å². The number of allylic oxidation sites excluding steroid dienone is 2. The summed E-state index contributed by atoms with van der Waals surface area (Å²) in [5, 5.41) is 0. The van der Waals surface area contributed by atoms with Crippen molar-refractivity contribution >= 4 is 15.9 Å².